The number of unbranched alkanes of at least 4 members (excludes halogenated alkanes) is 2. The molecule has 19 heavy (non-hydrogen) atoms. The Morgan fingerprint density at radius 2 is 2.32 bits per heavy atom. The summed E-state index contributed by atoms with van der Waals surface area (Å²) in [4.78, 5) is 13.1. The fraction of sp³-hybridized carbons (Fsp3) is 0.643. The van der Waals surface area contributed by atoms with Crippen molar-refractivity contribution in [3.63, 3.8) is 0 Å². The minimum atomic E-state index is 0. The molecule has 5 heteroatoms. The summed E-state index contributed by atoms with van der Waals surface area (Å²) in [5.41, 5.74) is 0. The number of hydrogen-bond donors (Lipinski definition) is 2. The van der Waals surface area contributed by atoms with Gasteiger partial charge in [-0.15, -0.1) is 23.7 Å². The SMILES string of the molecule is Cl.O=C(CCCCCc1cccs1)NC1CCNC1. The zero-order valence-corrected chi connectivity index (χ0v) is 12.8. The number of halogens is 1. The van der Waals surface area contributed by atoms with Crippen molar-refractivity contribution < 1.29 is 4.79 Å². The van der Waals surface area contributed by atoms with E-state index >= 15 is 0 Å². The molecule has 1 amide bonds. The number of carbonyl (C=O) groups is 1. The van der Waals surface area contributed by atoms with Crippen molar-refractivity contribution in [2.45, 2.75) is 44.6 Å². The maximum atomic E-state index is 11.7. The number of aryl methyl sites for hydroxylation is 1. The van der Waals surface area contributed by atoms with E-state index in [2.05, 4.69) is 28.1 Å². The smallest absolute Gasteiger partial charge is 0.220 e. The molecular weight excluding hydrogens is 280 g/mol. The average molecular weight is 303 g/mol. The summed E-state index contributed by atoms with van der Waals surface area (Å²) in [6.07, 6.45) is 6.27. The predicted molar refractivity (Wildman–Crippen MR) is 83.2 cm³/mol. The van der Waals surface area contributed by atoms with Gasteiger partial charge in [0.2, 0.25) is 5.91 Å². The number of hydrogen-bond acceptors (Lipinski definition) is 3. The lowest BCUT2D eigenvalue weighted by molar-refractivity contribution is -0.121. The van der Waals surface area contributed by atoms with Gasteiger partial charge in [0.1, 0.15) is 0 Å². The first-order chi connectivity index (χ1) is 8.84. The predicted octanol–water partition coefficient (Wildman–Crippen LogP) is 2.75. The highest BCUT2D eigenvalue weighted by molar-refractivity contribution is 7.09. The molecule has 1 atom stereocenters. The van der Waals surface area contributed by atoms with Gasteiger partial charge in [-0.05, 0) is 43.7 Å². The van der Waals surface area contributed by atoms with Gasteiger partial charge in [0, 0.05) is 23.9 Å². The van der Waals surface area contributed by atoms with E-state index in [1.54, 1.807) is 0 Å². The van der Waals surface area contributed by atoms with Crippen molar-refractivity contribution in [2.24, 2.45) is 0 Å². The Morgan fingerprint density at radius 1 is 1.42 bits per heavy atom. The Hall–Kier alpha value is -0.580. The van der Waals surface area contributed by atoms with Crippen LogP contribution in [0.1, 0.15) is 37.0 Å². The van der Waals surface area contributed by atoms with Crippen molar-refractivity contribution in [2.75, 3.05) is 13.1 Å². The molecule has 0 saturated carbocycles. The Bertz CT molecular complexity index is 350. The zero-order valence-electron chi connectivity index (χ0n) is 11.2. The fourth-order valence-electron chi connectivity index (χ4n) is 2.29. The molecule has 1 aromatic heterocycles. The van der Waals surface area contributed by atoms with Gasteiger partial charge < -0.3 is 10.6 Å². The van der Waals surface area contributed by atoms with Crippen molar-refractivity contribution >= 4 is 29.7 Å². The van der Waals surface area contributed by atoms with Gasteiger partial charge in [-0.25, -0.2) is 0 Å². The van der Waals surface area contributed by atoms with E-state index in [4.69, 9.17) is 0 Å². The Labute approximate surface area is 125 Å². The molecule has 1 fully saturated rings. The monoisotopic (exact) mass is 302 g/mol. The number of thiophene rings is 1. The van der Waals surface area contributed by atoms with Gasteiger partial charge in [-0.3, -0.25) is 4.79 Å². The van der Waals surface area contributed by atoms with Crippen molar-refractivity contribution in [3.05, 3.63) is 22.4 Å². The molecule has 1 aliphatic heterocycles. The number of rotatable bonds is 7. The summed E-state index contributed by atoms with van der Waals surface area (Å²) in [6, 6.07) is 4.65. The molecule has 0 radical (unpaired) electrons. The fourth-order valence-corrected chi connectivity index (χ4v) is 3.05. The topological polar surface area (TPSA) is 41.1 Å². The van der Waals surface area contributed by atoms with Gasteiger partial charge in [-0.2, -0.15) is 0 Å². The van der Waals surface area contributed by atoms with Crippen LogP contribution in [-0.2, 0) is 11.2 Å². The molecule has 0 bridgehead atoms. The van der Waals surface area contributed by atoms with E-state index in [0.717, 1.165) is 38.8 Å². The third-order valence-corrected chi connectivity index (χ3v) is 4.27. The molecule has 2 N–H and O–H groups in total. The number of nitrogens with one attached hydrogen (secondary N) is 2. The van der Waals surface area contributed by atoms with Crippen LogP contribution in [-0.4, -0.2) is 25.0 Å². The molecule has 1 unspecified atom stereocenters. The minimum absolute atomic E-state index is 0. The van der Waals surface area contributed by atoms with E-state index in [-0.39, 0.29) is 18.3 Å². The molecule has 3 nitrogen and oxygen atoms in total. The summed E-state index contributed by atoms with van der Waals surface area (Å²) >= 11 is 1.82. The first kappa shape index (κ1) is 16.5. The molecule has 1 aliphatic rings. The van der Waals surface area contributed by atoms with Crippen molar-refractivity contribution in [1.82, 2.24) is 10.6 Å². The summed E-state index contributed by atoms with van der Waals surface area (Å²) in [7, 11) is 0. The first-order valence-electron chi connectivity index (χ1n) is 6.87. The standard InChI is InChI=1S/C14H22N2OS.ClH/c17-14(16-12-8-9-15-11-12)7-3-1-2-5-13-6-4-10-18-13;/h4,6,10,12,15H,1-3,5,7-9,11H2,(H,16,17);1H. The largest absolute Gasteiger partial charge is 0.352 e. The van der Waals surface area contributed by atoms with E-state index in [1.807, 2.05) is 11.3 Å². The van der Waals surface area contributed by atoms with Crippen LogP contribution >= 0.6 is 23.7 Å². The van der Waals surface area contributed by atoms with Crippen LogP contribution in [0, 0.1) is 0 Å². The second kappa shape index (κ2) is 9.34. The molecule has 0 aliphatic carbocycles. The first-order valence-corrected chi connectivity index (χ1v) is 7.75. The van der Waals surface area contributed by atoms with Gasteiger partial charge in [-0.1, -0.05) is 12.5 Å². The molecule has 2 heterocycles. The number of amides is 1. The molecule has 0 spiro atoms. The van der Waals surface area contributed by atoms with Gasteiger partial charge in [0.25, 0.3) is 0 Å². The lowest BCUT2D eigenvalue weighted by atomic mass is 10.1. The normalized spacial score (nSPS) is 18.0. The Balaban J connectivity index is 0.00000180. The van der Waals surface area contributed by atoms with Crippen LogP contribution in [0.15, 0.2) is 17.5 Å². The molecule has 1 saturated heterocycles. The van der Waals surface area contributed by atoms with Crippen LogP contribution in [0.25, 0.3) is 0 Å². The summed E-state index contributed by atoms with van der Waals surface area (Å²) < 4.78 is 0. The van der Waals surface area contributed by atoms with E-state index in [9.17, 15) is 4.79 Å². The lowest BCUT2D eigenvalue weighted by Gasteiger charge is -2.10. The highest BCUT2D eigenvalue weighted by Gasteiger charge is 2.15. The highest BCUT2D eigenvalue weighted by Crippen LogP contribution is 2.13. The Kier molecular flexibility index (Phi) is 8.10. The molecular formula is C14H23ClN2OS. The second-order valence-electron chi connectivity index (χ2n) is 4.90. The van der Waals surface area contributed by atoms with Crippen LogP contribution < -0.4 is 10.6 Å². The van der Waals surface area contributed by atoms with E-state index in [1.165, 1.54) is 11.3 Å². The zero-order chi connectivity index (χ0) is 12.6. The van der Waals surface area contributed by atoms with Crippen molar-refractivity contribution in [3.8, 4) is 0 Å². The van der Waals surface area contributed by atoms with Crippen LogP contribution in [0.3, 0.4) is 0 Å². The van der Waals surface area contributed by atoms with Crippen LogP contribution in [0.5, 0.6) is 0 Å². The highest BCUT2D eigenvalue weighted by atomic mass is 35.5. The Morgan fingerprint density at radius 3 is 3.00 bits per heavy atom. The van der Waals surface area contributed by atoms with Gasteiger partial charge in [0.15, 0.2) is 0 Å². The molecule has 0 aromatic carbocycles. The lowest BCUT2D eigenvalue weighted by Crippen LogP contribution is -2.35. The molecule has 1 aromatic rings. The maximum Gasteiger partial charge on any atom is 0.220 e. The summed E-state index contributed by atoms with van der Waals surface area (Å²) in [5.74, 6) is 0.222. The maximum absolute atomic E-state index is 11.7. The third kappa shape index (κ3) is 6.41. The van der Waals surface area contributed by atoms with E-state index in [0.29, 0.717) is 12.5 Å². The molecule has 108 valence electrons. The van der Waals surface area contributed by atoms with Crippen molar-refractivity contribution in [1.29, 1.82) is 0 Å². The summed E-state index contributed by atoms with van der Waals surface area (Å²) in [5, 5.41) is 8.46. The number of carbonyl (C=O) groups excluding carboxylic acids is 1. The van der Waals surface area contributed by atoms with E-state index < -0.39 is 0 Å². The summed E-state index contributed by atoms with van der Waals surface area (Å²) in [6.45, 7) is 1.97. The van der Waals surface area contributed by atoms with Crippen LogP contribution in [0.4, 0.5) is 0 Å². The van der Waals surface area contributed by atoms with Crippen LogP contribution in [0.2, 0.25) is 0 Å². The molecule has 2 rings (SSSR count). The minimum Gasteiger partial charge on any atom is -0.352 e. The average Bonchev–Trinajstić information content (AvgIpc) is 3.01. The van der Waals surface area contributed by atoms with Gasteiger partial charge >= 0.3 is 0 Å². The third-order valence-electron chi connectivity index (χ3n) is 3.33. The quantitative estimate of drug-likeness (QED) is 0.761. The van der Waals surface area contributed by atoms with Gasteiger partial charge in [0.05, 0.1) is 0 Å². The second-order valence-corrected chi connectivity index (χ2v) is 5.93.